The highest BCUT2D eigenvalue weighted by Gasteiger charge is 2.22. The van der Waals surface area contributed by atoms with E-state index in [1.807, 2.05) is 13.8 Å². The number of thiocarbonyl (C=S) groups is 1. The number of hydrogen-bond donors (Lipinski definition) is 2. The second kappa shape index (κ2) is 6.60. The van der Waals surface area contributed by atoms with E-state index in [-0.39, 0.29) is 18.2 Å². The number of nitrogens with two attached hydrogens (primary N) is 1. The van der Waals surface area contributed by atoms with Crippen molar-refractivity contribution in [1.82, 2.24) is 5.32 Å². The van der Waals surface area contributed by atoms with Crippen molar-refractivity contribution in [2.24, 2.45) is 11.1 Å². The number of ether oxygens (including phenoxy) is 1. The first kappa shape index (κ1) is 16.3. The molecule has 0 aliphatic carbocycles. The van der Waals surface area contributed by atoms with Gasteiger partial charge in [0.1, 0.15) is 5.75 Å². The van der Waals surface area contributed by atoms with Crippen LogP contribution in [-0.2, 0) is 0 Å². The zero-order valence-electron chi connectivity index (χ0n) is 11.2. The number of benzene rings is 1. The lowest BCUT2D eigenvalue weighted by atomic mass is 9.93. The molecule has 7 heteroatoms. The fourth-order valence-corrected chi connectivity index (χ4v) is 1.35. The van der Waals surface area contributed by atoms with Gasteiger partial charge >= 0.3 is 6.61 Å². The summed E-state index contributed by atoms with van der Waals surface area (Å²) in [6.45, 7) is 1.03. The molecule has 0 atom stereocenters. The van der Waals surface area contributed by atoms with Gasteiger partial charge in [0.05, 0.1) is 4.99 Å². The summed E-state index contributed by atoms with van der Waals surface area (Å²) in [6.07, 6.45) is 0. The summed E-state index contributed by atoms with van der Waals surface area (Å²) in [5, 5.41) is 2.69. The van der Waals surface area contributed by atoms with Crippen LogP contribution in [0.5, 0.6) is 5.75 Å². The summed E-state index contributed by atoms with van der Waals surface area (Å²) in [5.41, 5.74) is 5.40. The van der Waals surface area contributed by atoms with Crippen molar-refractivity contribution in [3.05, 3.63) is 29.8 Å². The smallest absolute Gasteiger partial charge is 0.387 e. The van der Waals surface area contributed by atoms with Crippen molar-refractivity contribution in [2.75, 3.05) is 6.54 Å². The molecule has 110 valence electrons. The second-order valence-electron chi connectivity index (χ2n) is 4.83. The predicted molar refractivity (Wildman–Crippen MR) is 76.0 cm³/mol. The molecule has 0 spiro atoms. The molecule has 1 amide bonds. The van der Waals surface area contributed by atoms with Crippen molar-refractivity contribution < 1.29 is 18.3 Å². The van der Waals surface area contributed by atoms with Crippen LogP contribution in [-0.4, -0.2) is 24.1 Å². The Labute approximate surface area is 121 Å². The first-order valence-electron chi connectivity index (χ1n) is 5.85. The summed E-state index contributed by atoms with van der Waals surface area (Å²) in [7, 11) is 0. The fraction of sp³-hybridized carbons (Fsp3) is 0.385. The molecule has 0 bridgehead atoms. The Hall–Kier alpha value is -1.76. The molecule has 0 fully saturated rings. The third-order valence-electron chi connectivity index (χ3n) is 2.70. The summed E-state index contributed by atoms with van der Waals surface area (Å²) in [4.78, 5) is 12.2. The Morgan fingerprint density at radius 1 is 1.40 bits per heavy atom. The van der Waals surface area contributed by atoms with Gasteiger partial charge in [-0.1, -0.05) is 26.1 Å². The van der Waals surface area contributed by atoms with Crippen molar-refractivity contribution in [1.29, 1.82) is 0 Å². The number of carbonyl (C=O) groups is 1. The Bertz CT molecular complexity index is 490. The second-order valence-corrected chi connectivity index (χ2v) is 5.27. The number of halogens is 2. The minimum Gasteiger partial charge on any atom is -0.435 e. The van der Waals surface area contributed by atoms with Crippen molar-refractivity contribution in [2.45, 2.75) is 20.5 Å². The number of hydrogen-bond acceptors (Lipinski definition) is 3. The third-order valence-corrected chi connectivity index (χ3v) is 3.25. The van der Waals surface area contributed by atoms with Gasteiger partial charge in [0, 0.05) is 17.5 Å². The minimum absolute atomic E-state index is 0.0000147. The standard InChI is InChI=1S/C13H16F2N2O2S/c1-13(2,11(16)20)7-17-10(18)8-3-5-9(6-4-8)19-12(14)15/h3-6,12H,7H2,1-2H3,(H2,16,20)(H,17,18). The van der Waals surface area contributed by atoms with Gasteiger partial charge in [-0.25, -0.2) is 0 Å². The van der Waals surface area contributed by atoms with Crippen LogP contribution in [0.25, 0.3) is 0 Å². The molecule has 4 nitrogen and oxygen atoms in total. The van der Waals surface area contributed by atoms with Gasteiger partial charge in [-0.2, -0.15) is 8.78 Å². The monoisotopic (exact) mass is 302 g/mol. The van der Waals surface area contributed by atoms with Crippen LogP contribution in [0.3, 0.4) is 0 Å². The molecular weight excluding hydrogens is 286 g/mol. The average molecular weight is 302 g/mol. The maximum absolute atomic E-state index is 12.0. The highest BCUT2D eigenvalue weighted by Crippen LogP contribution is 2.16. The number of carbonyl (C=O) groups excluding carboxylic acids is 1. The Morgan fingerprint density at radius 2 is 1.95 bits per heavy atom. The first-order chi connectivity index (χ1) is 9.22. The first-order valence-corrected chi connectivity index (χ1v) is 6.26. The van der Waals surface area contributed by atoms with Gasteiger partial charge in [-0.05, 0) is 24.3 Å². The molecule has 0 unspecified atom stereocenters. The van der Waals surface area contributed by atoms with Gasteiger partial charge < -0.3 is 15.8 Å². The predicted octanol–water partition coefficient (Wildman–Crippen LogP) is 2.33. The lowest BCUT2D eigenvalue weighted by molar-refractivity contribution is -0.0498. The molecule has 0 radical (unpaired) electrons. The molecule has 0 saturated heterocycles. The van der Waals surface area contributed by atoms with Crippen molar-refractivity contribution in [3.63, 3.8) is 0 Å². The van der Waals surface area contributed by atoms with Crippen molar-refractivity contribution >= 4 is 23.1 Å². The summed E-state index contributed by atoms with van der Waals surface area (Å²) in [5.74, 6) is -0.335. The molecule has 1 rings (SSSR count). The van der Waals surface area contributed by atoms with Crippen LogP contribution in [0.4, 0.5) is 8.78 Å². The largest absolute Gasteiger partial charge is 0.435 e. The summed E-state index contributed by atoms with van der Waals surface area (Å²) >= 11 is 4.90. The molecule has 0 heterocycles. The molecule has 1 aromatic rings. The van der Waals surface area contributed by atoms with E-state index in [1.54, 1.807) is 0 Å². The van der Waals surface area contributed by atoms with Gasteiger partial charge in [-0.3, -0.25) is 4.79 Å². The zero-order chi connectivity index (χ0) is 15.3. The van der Waals surface area contributed by atoms with Gasteiger partial charge in [-0.15, -0.1) is 0 Å². The Morgan fingerprint density at radius 3 is 2.40 bits per heavy atom. The minimum atomic E-state index is -2.89. The number of nitrogens with one attached hydrogen (secondary N) is 1. The molecule has 0 aliphatic rings. The van der Waals surface area contributed by atoms with E-state index in [2.05, 4.69) is 10.1 Å². The van der Waals surface area contributed by atoms with E-state index in [9.17, 15) is 13.6 Å². The van der Waals surface area contributed by atoms with E-state index < -0.39 is 12.0 Å². The lowest BCUT2D eigenvalue weighted by Crippen LogP contribution is -2.41. The SMILES string of the molecule is CC(C)(CNC(=O)c1ccc(OC(F)F)cc1)C(N)=S. The Balaban J connectivity index is 2.62. The van der Waals surface area contributed by atoms with E-state index in [0.29, 0.717) is 10.6 Å². The van der Waals surface area contributed by atoms with Gasteiger partial charge in [0.2, 0.25) is 0 Å². The highest BCUT2D eigenvalue weighted by atomic mass is 32.1. The van der Waals surface area contributed by atoms with Crippen LogP contribution in [0, 0.1) is 5.41 Å². The van der Waals surface area contributed by atoms with E-state index in [1.165, 1.54) is 24.3 Å². The maximum Gasteiger partial charge on any atom is 0.387 e. The highest BCUT2D eigenvalue weighted by molar-refractivity contribution is 7.80. The topological polar surface area (TPSA) is 64.3 Å². The van der Waals surface area contributed by atoms with E-state index >= 15 is 0 Å². The van der Waals surface area contributed by atoms with Gasteiger partial charge in [0.15, 0.2) is 0 Å². The molecular formula is C13H16F2N2O2S. The quantitative estimate of drug-likeness (QED) is 0.792. The van der Waals surface area contributed by atoms with Crippen molar-refractivity contribution in [3.8, 4) is 5.75 Å². The van der Waals surface area contributed by atoms with Crippen LogP contribution in [0.15, 0.2) is 24.3 Å². The summed E-state index contributed by atoms with van der Waals surface area (Å²) < 4.78 is 28.2. The van der Waals surface area contributed by atoms with Crippen LogP contribution >= 0.6 is 12.2 Å². The van der Waals surface area contributed by atoms with E-state index in [0.717, 1.165) is 0 Å². The molecule has 0 aromatic heterocycles. The molecule has 1 aromatic carbocycles. The zero-order valence-corrected chi connectivity index (χ0v) is 12.0. The summed E-state index contributed by atoms with van der Waals surface area (Å²) in [6, 6.07) is 5.42. The number of amides is 1. The number of rotatable bonds is 6. The molecule has 3 N–H and O–H groups in total. The maximum atomic E-state index is 12.0. The van der Waals surface area contributed by atoms with Crippen LogP contribution < -0.4 is 15.8 Å². The molecule has 0 aliphatic heterocycles. The van der Waals surface area contributed by atoms with Gasteiger partial charge in [0.25, 0.3) is 5.91 Å². The average Bonchev–Trinajstić information content (AvgIpc) is 2.36. The van der Waals surface area contributed by atoms with Crippen LogP contribution in [0.1, 0.15) is 24.2 Å². The lowest BCUT2D eigenvalue weighted by Gasteiger charge is -2.23. The number of alkyl halides is 2. The molecule has 20 heavy (non-hydrogen) atoms. The van der Waals surface area contributed by atoms with Crippen LogP contribution in [0.2, 0.25) is 0 Å². The third kappa shape index (κ3) is 4.73. The fourth-order valence-electron chi connectivity index (χ4n) is 1.28. The molecule has 0 saturated carbocycles. The van der Waals surface area contributed by atoms with E-state index in [4.69, 9.17) is 18.0 Å². The Kier molecular flexibility index (Phi) is 5.38. The normalized spacial score (nSPS) is 11.2.